The van der Waals surface area contributed by atoms with Gasteiger partial charge >= 0.3 is 0 Å². The van der Waals surface area contributed by atoms with Crippen LogP contribution in [-0.2, 0) is 14.4 Å². The minimum absolute atomic E-state index is 0.0969. The molecular formula is C19H21N3O5. The monoisotopic (exact) mass is 371 g/mol. The van der Waals surface area contributed by atoms with Crippen molar-refractivity contribution in [2.24, 2.45) is 11.8 Å². The minimum atomic E-state index is -0.520. The molecule has 3 rings (SSSR count). The maximum absolute atomic E-state index is 12.4. The Morgan fingerprint density at radius 2 is 1.85 bits per heavy atom. The average molecular weight is 371 g/mol. The molecule has 0 aromatic heterocycles. The lowest BCUT2D eigenvalue weighted by Gasteiger charge is -2.14. The van der Waals surface area contributed by atoms with Crippen LogP contribution in [0.3, 0.4) is 0 Å². The first kappa shape index (κ1) is 18.8. The smallest absolute Gasteiger partial charge is 0.271 e. The highest BCUT2D eigenvalue weighted by Crippen LogP contribution is 2.35. The summed E-state index contributed by atoms with van der Waals surface area (Å²) in [6, 6.07) is 4.27. The summed E-state index contributed by atoms with van der Waals surface area (Å²) >= 11 is 0. The molecule has 0 radical (unpaired) electrons. The van der Waals surface area contributed by atoms with Gasteiger partial charge in [-0.05, 0) is 31.7 Å². The Balaban J connectivity index is 1.53. The number of nitrogens with one attached hydrogen (secondary N) is 1. The van der Waals surface area contributed by atoms with E-state index in [2.05, 4.69) is 5.32 Å². The topological polar surface area (TPSA) is 110 Å². The van der Waals surface area contributed by atoms with Crippen molar-refractivity contribution in [2.45, 2.75) is 32.6 Å². The second-order valence-corrected chi connectivity index (χ2v) is 6.89. The highest BCUT2D eigenvalue weighted by atomic mass is 16.6. The van der Waals surface area contributed by atoms with Crippen molar-refractivity contribution in [1.82, 2.24) is 4.90 Å². The van der Waals surface area contributed by atoms with Gasteiger partial charge in [0.25, 0.3) is 5.69 Å². The fraction of sp³-hybridized carbons (Fsp3) is 0.421. The lowest BCUT2D eigenvalue weighted by Crippen LogP contribution is -2.32. The van der Waals surface area contributed by atoms with Crippen LogP contribution in [0.1, 0.15) is 31.2 Å². The fourth-order valence-electron chi connectivity index (χ4n) is 3.56. The lowest BCUT2D eigenvalue weighted by molar-refractivity contribution is -0.384. The first-order chi connectivity index (χ1) is 12.9. The van der Waals surface area contributed by atoms with E-state index in [1.807, 2.05) is 12.2 Å². The van der Waals surface area contributed by atoms with Crippen LogP contribution in [0.25, 0.3) is 0 Å². The predicted octanol–water partition coefficient (Wildman–Crippen LogP) is 2.57. The number of fused-ring (bicyclic) bond motifs is 1. The summed E-state index contributed by atoms with van der Waals surface area (Å²) in [5, 5.41) is 13.5. The molecule has 2 aliphatic rings. The third kappa shape index (κ3) is 3.89. The van der Waals surface area contributed by atoms with Crippen LogP contribution in [0.5, 0.6) is 0 Å². The van der Waals surface area contributed by atoms with Gasteiger partial charge in [0, 0.05) is 25.1 Å². The molecule has 1 heterocycles. The molecule has 0 saturated carbocycles. The van der Waals surface area contributed by atoms with E-state index in [4.69, 9.17) is 0 Å². The number of nitrogens with zero attached hydrogens (tertiary/aromatic N) is 2. The van der Waals surface area contributed by atoms with Crippen LogP contribution >= 0.6 is 0 Å². The Labute approximate surface area is 156 Å². The Bertz CT molecular complexity index is 807. The SMILES string of the molecule is Cc1ccc([N+](=O)[O-])cc1NC(=O)CCCN1C(=O)[C@H]2CC=CC[C@@H]2C1=O. The van der Waals surface area contributed by atoms with Gasteiger partial charge in [0.1, 0.15) is 0 Å². The molecule has 1 aromatic carbocycles. The number of carbonyl (C=O) groups is 3. The number of benzene rings is 1. The molecule has 0 unspecified atom stereocenters. The van der Waals surface area contributed by atoms with E-state index in [9.17, 15) is 24.5 Å². The van der Waals surface area contributed by atoms with Gasteiger partial charge in [-0.15, -0.1) is 0 Å². The Morgan fingerprint density at radius 3 is 2.44 bits per heavy atom. The molecule has 1 aliphatic heterocycles. The zero-order valence-corrected chi connectivity index (χ0v) is 15.0. The van der Waals surface area contributed by atoms with Crippen LogP contribution < -0.4 is 5.32 Å². The number of hydrogen-bond acceptors (Lipinski definition) is 5. The average Bonchev–Trinajstić information content (AvgIpc) is 2.88. The molecular weight excluding hydrogens is 350 g/mol. The largest absolute Gasteiger partial charge is 0.326 e. The Kier molecular flexibility index (Phi) is 5.34. The summed E-state index contributed by atoms with van der Waals surface area (Å²) in [6.45, 7) is 1.96. The standard InChI is InChI=1S/C19H21N3O5/c1-12-8-9-13(22(26)27)11-16(12)20-17(23)7-4-10-21-18(24)14-5-2-3-6-15(14)19(21)25/h2-3,8-9,11,14-15H,4-7,10H2,1H3,(H,20,23)/t14-,15-/m0/s1. The molecule has 1 aliphatic carbocycles. The molecule has 142 valence electrons. The number of imide groups is 1. The Hall–Kier alpha value is -3.03. The number of aryl methyl sites for hydroxylation is 1. The quantitative estimate of drug-likeness (QED) is 0.358. The van der Waals surface area contributed by atoms with E-state index >= 15 is 0 Å². The van der Waals surface area contributed by atoms with Crippen molar-refractivity contribution in [3.8, 4) is 0 Å². The zero-order chi connectivity index (χ0) is 19.6. The van der Waals surface area contributed by atoms with Gasteiger partial charge in [-0.2, -0.15) is 0 Å². The van der Waals surface area contributed by atoms with Gasteiger partial charge in [-0.1, -0.05) is 18.2 Å². The molecule has 8 heteroatoms. The van der Waals surface area contributed by atoms with E-state index < -0.39 is 4.92 Å². The lowest BCUT2D eigenvalue weighted by atomic mass is 9.85. The molecule has 1 N–H and O–H groups in total. The van der Waals surface area contributed by atoms with Crippen LogP contribution in [0.4, 0.5) is 11.4 Å². The van der Waals surface area contributed by atoms with Crippen molar-refractivity contribution in [3.63, 3.8) is 0 Å². The van der Waals surface area contributed by atoms with Gasteiger partial charge in [0.2, 0.25) is 17.7 Å². The van der Waals surface area contributed by atoms with E-state index in [-0.39, 0.29) is 48.2 Å². The molecule has 8 nitrogen and oxygen atoms in total. The highest BCUT2D eigenvalue weighted by Gasteiger charge is 2.46. The van der Waals surface area contributed by atoms with E-state index in [1.54, 1.807) is 13.0 Å². The van der Waals surface area contributed by atoms with Crippen LogP contribution in [0, 0.1) is 28.9 Å². The van der Waals surface area contributed by atoms with Crippen molar-refractivity contribution >= 4 is 29.1 Å². The number of allylic oxidation sites excluding steroid dienone is 2. The third-order valence-electron chi connectivity index (χ3n) is 5.09. The molecule has 1 saturated heterocycles. The highest BCUT2D eigenvalue weighted by molar-refractivity contribution is 6.05. The van der Waals surface area contributed by atoms with Crippen LogP contribution in [-0.4, -0.2) is 34.1 Å². The van der Waals surface area contributed by atoms with Gasteiger partial charge in [0.15, 0.2) is 0 Å². The maximum Gasteiger partial charge on any atom is 0.271 e. The number of carbonyl (C=O) groups excluding carboxylic acids is 3. The van der Waals surface area contributed by atoms with E-state index in [1.165, 1.54) is 17.0 Å². The number of non-ortho nitro benzene ring substituents is 1. The number of hydrogen-bond donors (Lipinski definition) is 1. The molecule has 2 atom stereocenters. The summed E-state index contributed by atoms with van der Waals surface area (Å²) in [7, 11) is 0. The molecule has 1 fully saturated rings. The number of anilines is 1. The molecule has 1 aromatic rings. The number of likely N-dealkylation sites (tertiary alicyclic amines) is 1. The van der Waals surface area contributed by atoms with E-state index in [0.29, 0.717) is 24.9 Å². The van der Waals surface area contributed by atoms with Crippen LogP contribution in [0.15, 0.2) is 30.4 Å². The second kappa shape index (κ2) is 7.69. The molecule has 0 bridgehead atoms. The van der Waals surface area contributed by atoms with Gasteiger partial charge in [-0.3, -0.25) is 29.4 Å². The van der Waals surface area contributed by atoms with Crippen molar-refractivity contribution < 1.29 is 19.3 Å². The molecule has 3 amide bonds. The first-order valence-electron chi connectivity index (χ1n) is 8.93. The minimum Gasteiger partial charge on any atom is -0.326 e. The van der Waals surface area contributed by atoms with Gasteiger partial charge in [0.05, 0.1) is 22.4 Å². The van der Waals surface area contributed by atoms with Crippen molar-refractivity contribution in [1.29, 1.82) is 0 Å². The third-order valence-corrected chi connectivity index (χ3v) is 5.09. The van der Waals surface area contributed by atoms with Crippen LogP contribution in [0.2, 0.25) is 0 Å². The number of nitro benzene ring substituents is 1. The predicted molar refractivity (Wildman–Crippen MR) is 97.8 cm³/mol. The Morgan fingerprint density at radius 1 is 1.22 bits per heavy atom. The normalized spacial score (nSPS) is 21.3. The zero-order valence-electron chi connectivity index (χ0n) is 15.0. The second-order valence-electron chi connectivity index (χ2n) is 6.89. The van der Waals surface area contributed by atoms with Gasteiger partial charge < -0.3 is 5.32 Å². The maximum atomic E-state index is 12.4. The fourth-order valence-corrected chi connectivity index (χ4v) is 3.56. The number of nitro groups is 1. The number of rotatable bonds is 6. The first-order valence-corrected chi connectivity index (χ1v) is 8.93. The summed E-state index contributed by atoms with van der Waals surface area (Å²) in [4.78, 5) is 48.5. The molecule has 27 heavy (non-hydrogen) atoms. The summed E-state index contributed by atoms with van der Waals surface area (Å²) in [5.41, 5.74) is 1.01. The van der Waals surface area contributed by atoms with Gasteiger partial charge in [-0.25, -0.2) is 0 Å². The number of amides is 3. The van der Waals surface area contributed by atoms with Crippen molar-refractivity contribution in [3.05, 3.63) is 46.0 Å². The molecule has 0 spiro atoms. The summed E-state index contributed by atoms with van der Waals surface area (Å²) in [6.07, 6.45) is 5.53. The van der Waals surface area contributed by atoms with E-state index in [0.717, 1.165) is 5.56 Å². The summed E-state index contributed by atoms with van der Waals surface area (Å²) < 4.78 is 0. The van der Waals surface area contributed by atoms with Crippen molar-refractivity contribution in [2.75, 3.05) is 11.9 Å². The summed E-state index contributed by atoms with van der Waals surface area (Å²) in [5.74, 6) is -1.13.